The van der Waals surface area contributed by atoms with Crippen LogP contribution in [-0.2, 0) is 61.2 Å². The number of nitrogens with zero attached hydrogens (tertiary/aromatic N) is 4. The Balaban J connectivity index is 0.000000185. The van der Waals surface area contributed by atoms with Gasteiger partial charge >= 0.3 is 18.3 Å². The van der Waals surface area contributed by atoms with Crippen LogP contribution in [0.4, 0.5) is 46.5 Å². The number of halogens is 8. The molecule has 6 fully saturated rings. The zero-order valence-corrected chi connectivity index (χ0v) is 63.1. The lowest BCUT2D eigenvalue weighted by Gasteiger charge is -2.30. The predicted molar refractivity (Wildman–Crippen MR) is 391 cm³/mol. The molecule has 4 aromatic carbocycles. The van der Waals surface area contributed by atoms with Crippen LogP contribution in [0.3, 0.4) is 0 Å². The summed E-state index contributed by atoms with van der Waals surface area (Å²) in [6, 6.07) is 10.9. The van der Waals surface area contributed by atoms with Crippen molar-refractivity contribution in [2.45, 2.75) is 213 Å². The molecule has 14 rings (SSSR count). The highest BCUT2D eigenvalue weighted by molar-refractivity contribution is 7.91. The van der Waals surface area contributed by atoms with Gasteiger partial charge in [0.2, 0.25) is 43.7 Å². The van der Waals surface area contributed by atoms with Gasteiger partial charge in [-0.1, -0.05) is 84.8 Å². The fourth-order valence-electron chi connectivity index (χ4n) is 14.0. The molecule has 0 radical (unpaired) electrons. The van der Waals surface area contributed by atoms with Crippen LogP contribution in [0.5, 0.6) is 10.4 Å². The Hall–Kier alpha value is -8.54. The van der Waals surface area contributed by atoms with Gasteiger partial charge in [-0.3, -0.25) is 28.7 Å². The number of hydrogen-bond donors (Lipinski definition) is 7. The largest absolute Gasteiger partial charge is 0.479 e. The summed E-state index contributed by atoms with van der Waals surface area (Å²) in [7, 11) is -7.27. The number of benzene rings is 4. The molecular weight excluding hydrogens is 1520 g/mol. The highest BCUT2D eigenvalue weighted by Gasteiger charge is 2.64. The molecule has 0 unspecified atom stereocenters. The van der Waals surface area contributed by atoms with Crippen molar-refractivity contribution < 1.29 is 95.3 Å². The highest BCUT2D eigenvalue weighted by Crippen LogP contribution is 2.49. The van der Waals surface area contributed by atoms with E-state index < -0.39 is 159 Å². The van der Waals surface area contributed by atoms with Gasteiger partial charge in [-0.05, 0) is 177 Å². The summed E-state index contributed by atoms with van der Waals surface area (Å²) in [4.78, 5) is 94.6. The molecule has 23 nitrogen and oxygen atoms in total. The van der Waals surface area contributed by atoms with Gasteiger partial charge in [0.1, 0.15) is 59.1 Å². The maximum absolute atomic E-state index is 14.5. The van der Waals surface area contributed by atoms with Crippen molar-refractivity contribution in [2.75, 3.05) is 23.7 Å². The van der Waals surface area contributed by atoms with E-state index in [1.54, 1.807) is 26.0 Å². The number of rotatable bonds is 13. The molecule has 0 bridgehead atoms. The average Bonchev–Trinajstić information content (AvgIpc) is 1.57. The first-order valence-electron chi connectivity index (χ1n) is 36.0. The van der Waals surface area contributed by atoms with E-state index in [0.29, 0.717) is 85.8 Å². The Kier molecular flexibility index (Phi) is 22.7. The molecule has 10 atom stereocenters. The maximum Gasteiger partial charge on any atom is 0.416 e. The van der Waals surface area contributed by atoms with Crippen LogP contribution in [0, 0.1) is 37.3 Å². The summed E-state index contributed by atoms with van der Waals surface area (Å²) in [5.74, 6) is -7.77. The molecule has 109 heavy (non-hydrogen) atoms. The van der Waals surface area contributed by atoms with Crippen molar-refractivity contribution in [1.82, 2.24) is 35.1 Å². The molecule has 5 amide bonds. The van der Waals surface area contributed by atoms with Gasteiger partial charge in [-0.25, -0.2) is 45.5 Å². The predicted octanol–water partition coefficient (Wildman–Crippen LogP) is 11.9. The topological polar surface area (TPSA) is 328 Å². The first kappa shape index (κ1) is 80.0. The number of fused-ring (bicyclic) bond motifs is 6. The number of aliphatic carboxylic acids is 1. The molecule has 2 saturated heterocycles. The van der Waals surface area contributed by atoms with E-state index in [9.17, 15) is 85.8 Å². The summed E-state index contributed by atoms with van der Waals surface area (Å²) in [6.07, 6.45) is 4.31. The fraction of sp³-hybridized carbons (Fsp3) is 0.514. The lowest BCUT2D eigenvalue weighted by atomic mass is 10.0. The molecule has 8 aliphatic rings. The van der Waals surface area contributed by atoms with Crippen LogP contribution in [0.1, 0.15) is 152 Å². The van der Waals surface area contributed by atoms with Crippen LogP contribution in [0.15, 0.2) is 97.1 Å². The number of nitrogens with two attached hydrogens (primary N) is 1. The van der Waals surface area contributed by atoms with Crippen molar-refractivity contribution in [2.24, 2.45) is 17.0 Å². The van der Waals surface area contributed by atoms with E-state index >= 15 is 0 Å². The fourth-order valence-corrected chi connectivity index (χ4v) is 18.0. The highest BCUT2D eigenvalue weighted by atomic mass is 32.2. The van der Waals surface area contributed by atoms with E-state index in [0.717, 1.165) is 69.6 Å². The van der Waals surface area contributed by atoms with Gasteiger partial charge in [-0.2, -0.15) is 26.3 Å². The second kappa shape index (κ2) is 31.0. The third-order valence-corrected chi connectivity index (χ3v) is 27.2. The summed E-state index contributed by atoms with van der Waals surface area (Å²) in [6.45, 7) is 6.96. The number of primary sulfonamides is 1. The SMILES string of the molecule is CC1(S(N)(=O)=O)CC1.Cc1ccc2nc(O[C@@H]3C[C@H]4C(=O)N[C@]5(C(=O)NS(=O)(=O)C6(C)CC6)C[C@H]5/C=C\CCCCC[C@H](Nc5cc(F)cc(C(F)(F)F)c5)C(=O)N4C3)sc2c1.Cc1ccc2nc(O[C@@H]3C[C@H]4C(=O)N[C@]5(C(=O)O)C[C@H]5/C=C\CCCCC[C@H](Nc5cc(F)cc(C(F)(F)F)c5)C(=O)N4C3)sc2c1. The van der Waals surface area contributed by atoms with Gasteiger partial charge in [-0.15, -0.1) is 0 Å². The Labute approximate surface area is 631 Å². The molecule has 6 aromatic rings. The van der Waals surface area contributed by atoms with Gasteiger partial charge in [0.05, 0.1) is 54.1 Å². The number of ether oxygens (including phenoxy) is 2. The lowest BCUT2D eigenvalue weighted by molar-refractivity contribution is -0.145. The number of anilines is 2. The van der Waals surface area contributed by atoms with Crippen molar-refractivity contribution >= 4 is 110 Å². The molecule has 8 N–H and O–H groups in total. The Bertz CT molecular complexity index is 4820. The minimum Gasteiger partial charge on any atom is -0.479 e. The number of amides is 5. The van der Waals surface area contributed by atoms with Crippen molar-refractivity contribution in [3.63, 3.8) is 0 Å². The monoisotopic (exact) mass is 1600 g/mol. The first-order chi connectivity index (χ1) is 51.2. The third kappa shape index (κ3) is 18.4. The Morgan fingerprint density at radius 1 is 0.606 bits per heavy atom. The quantitative estimate of drug-likeness (QED) is 0.0417. The normalized spacial score (nSPS) is 27.6. The number of aryl methyl sites for hydroxylation is 2. The lowest BCUT2D eigenvalue weighted by Crippen LogP contribution is -2.58. The van der Waals surface area contributed by atoms with E-state index in [4.69, 9.17) is 14.6 Å². The summed E-state index contributed by atoms with van der Waals surface area (Å²) >= 11 is 2.61. The first-order valence-corrected chi connectivity index (χ1v) is 40.7. The smallest absolute Gasteiger partial charge is 0.416 e. The molecule has 0 spiro atoms. The number of sulfonamides is 2. The number of alkyl halides is 6. The molecular formula is C74H84F8N10O13S4. The Morgan fingerprint density at radius 2 is 1.03 bits per heavy atom. The number of carboxylic acid groups (broad SMARTS) is 1. The summed E-state index contributed by atoms with van der Waals surface area (Å²) in [5.41, 5.74) is -2.48. The molecule has 2 aromatic heterocycles. The molecule has 588 valence electrons. The second-order valence-corrected chi connectivity index (χ2v) is 36.3. The van der Waals surface area contributed by atoms with Crippen molar-refractivity contribution in [3.05, 3.63) is 131 Å². The van der Waals surface area contributed by atoms with Crippen LogP contribution in [0.2, 0.25) is 0 Å². The summed E-state index contributed by atoms with van der Waals surface area (Å²) in [5, 5.41) is 26.7. The molecule has 4 saturated carbocycles. The van der Waals surface area contributed by atoms with Crippen molar-refractivity contribution in [1.29, 1.82) is 0 Å². The zero-order valence-electron chi connectivity index (χ0n) is 59.9. The number of aromatic nitrogens is 2. The van der Waals surface area contributed by atoms with E-state index in [2.05, 4.69) is 36.0 Å². The number of thiazole rings is 2. The summed E-state index contributed by atoms with van der Waals surface area (Å²) < 4.78 is 172. The number of nitrogens with one attached hydrogen (secondary N) is 5. The number of carbonyl (C=O) groups excluding carboxylic acids is 5. The standard InChI is InChI=1S/C37H41F4N5O6S2.C33H34F4N4O5S.C4H9NO2S/c1-21-10-11-27-30(14-21)53-34(43-27)52-26-18-29-31(47)44-36(33(49)45-54(50,51)35(2)12-13-35)19-22(36)8-6-4-3-5-7-9-28(32(48)46(29)20-26)42-25-16-23(37(39,40)41)15-24(38)17-25;1-18-9-10-24-27(11-18)47-31(39-24)46-23-15-26-28(42)40-32(30(44)45)16-19(32)7-5-3-2-4-6-8-25(29(43)41(26)17-23)38-22-13-20(33(35,36)37)12-21(34)14-22;1-4(2-3-4)8(5,6)7/h6,8,10-11,14-17,22,26,28-29,42H,3-5,7,9,12-13,18-20H2,1-2H3,(H,44,47)(H,45,49);5,7,9-14,19,23,25-26,38H,2-4,6,8,15-17H2,1H3,(H,40,42)(H,44,45);2-3H2,1H3,(H2,5,6,7)/b8-6-;7-5-;/t22-,26-,28+,29+,36-;19-,23-,25+,26+,32-;/m11./s1. The van der Waals surface area contributed by atoms with E-state index in [1.807, 2.05) is 62.4 Å². The van der Waals surface area contributed by atoms with Gasteiger partial charge < -0.3 is 45.6 Å². The van der Waals surface area contributed by atoms with Gasteiger partial charge in [0, 0.05) is 36.1 Å². The van der Waals surface area contributed by atoms with Crippen molar-refractivity contribution in [3.8, 4) is 10.4 Å². The maximum atomic E-state index is 14.5. The minimum absolute atomic E-state index is 0.0218. The van der Waals surface area contributed by atoms with Crippen LogP contribution in [0.25, 0.3) is 20.4 Å². The number of carbonyl (C=O) groups is 6. The third-order valence-electron chi connectivity index (χ3n) is 21.5. The molecule has 4 aliphatic carbocycles. The molecule has 6 heterocycles. The molecule has 35 heteroatoms. The van der Waals surface area contributed by atoms with Gasteiger partial charge in [0.25, 0.3) is 16.3 Å². The zero-order chi connectivity index (χ0) is 78.6. The Morgan fingerprint density at radius 3 is 1.43 bits per heavy atom. The number of hydrogen-bond acceptors (Lipinski definition) is 18. The average molecular weight is 1600 g/mol. The van der Waals surface area contributed by atoms with Crippen LogP contribution >= 0.6 is 22.7 Å². The number of allylic oxidation sites excluding steroid dienone is 2. The van der Waals surface area contributed by atoms with E-state index in [1.165, 1.54) is 32.5 Å². The van der Waals surface area contributed by atoms with Crippen LogP contribution < -0.4 is 40.6 Å². The molecule has 4 aliphatic heterocycles. The number of carboxylic acids is 1. The van der Waals surface area contributed by atoms with Gasteiger partial charge in [0.15, 0.2) is 0 Å². The second-order valence-electron chi connectivity index (χ2n) is 30.1. The minimum atomic E-state index is -4.83. The van der Waals surface area contributed by atoms with Crippen LogP contribution in [-0.4, -0.2) is 147 Å². The van der Waals surface area contributed by atoms with E-state index in [-0.39, 0.29) is 63.0 Å².